The Labute approximate surface area is 156 Å². The third-order valence-electron chi connectivity index (χ3n) is 4.84. The number of nitrogens with zero attached hydrogens (tertiary/aromatic N) is 1. The van der Waals surface area contributed by atoms with Gasteiger partial charge in [0.1, 0.15) is 5.82 Å². The number of benzene rings is 2. The van der Waals surface area contributed by atoms with Gasteiger partial charge in [0.25, 0.3) is 5.91 Å². The van der Waals surface area contributed by atoms with E-state index in [0.717, 1.165) is 18.4 Å². The lowest BCUT2D eigenvalue weighted by atomic mass is 9.88. The van der Waals surface area contributed by atoms with Crippen molar-refractivity contribution < 1.29 is 19.1 Å². The number of amides is 1. The second-order valence-corrected chi connectivity index (χ2v) is 6.88. The van der Waals surface area contributed by atoms with Gasteiger partial charge in [0.05, 0.1) is 16.1 Å². The first-order valence-corrected chi connectivity index (χ1v) is 8.89. The number of aromatic carboxylic acids is 1. The van der Waals surface area contributed by atoms with E-state index >= 15 is 0 Å². The summed E-state index contributed by atoms with van der Waals surface area (Å²) in [5.74, 6) is -1.48. The molecule has 0 spiro atoms. The van der Waals surface area contributed by atoms with E-state index in [1.165, 1.54) is 18.2 Å². The molecule has 2 aromatic carbocycles. The van der Waals surface area contributed by atoms with Gasteiger partial charge in [0.15, 0.2) is 0 Å². The highest BCUT2D eigenvalue weighted by molar-refractivity contribution is 6.34. The maximum Gasteiger partial charge on any atom is 0.335 e. The quantitative estimate of drug-likeness (QED) is 0.868. The summed E-state index contributed by atoms with van der Waals surface area (Å²) >= 11 is 5.91. The van der Waals surface area contributed by atoms with Crippen molar-refractivity contribution >= 4 is 23.5 Å². The Morgan fingerprint density at radius 2 is 1.73 bits per heavy atom. The molecule has 136 valence electrons. The zero-order valence-corrected chi connectivity index (χ0v) is 14.9. The van der Waals surface area contributed by atoms with Crippen LogP contribution in [0.1, 0.15) is 39.1 Å². The molecule has 1 aliphatic rings. The molecule has 0 radical (unpaired) electrons. The molecular formula is C20H19ClFNO3. The smallest absolute Gasteiger partial charge is 0.335 e. The van der Waals surface area contributed by atoms with Crippen molar-refractivity contribution in [3.05, 3.63) is 70.0 Å². The normalized spacial score (nSPS) is 15.1. The van der Waals surface area contributed by atoms with Gasteiger partial charge in [0.2, 0.25) is 0 Å². The monoisotopic (exact) mass is 375 g/mol. The SMILES string of the molecule is O=C(O)c1ccccc1CC1CCN(C(=O)c2cccc(F)c2Cl)CC1. The van der Waals surface area contributed by atoms with Crippen molar-refractivity contribution in [2.75, 3.05) is 13.1 Å². The minimum Gasteiger partial charge on any atom is -0.478 e. The molecule has 0 bridgehead atoms. The van der Waals surface area contributed by atoms with Crippen molar-refractivity contribution in [2.24, 2.45) is 5.92 Å². The summed E-state index contributed by atoms with van der Waals surface area (Å²) in [4.78, 5) is 25.6. The van der Waals surface area contributed by atoms with Crippen molar-refractivity contribution in [3.8, 4) is 0 Å². The largest absolute Gasteiger partial charge is 0.478 e. The van der Waals surface area contributed by atoms with E-state index in [9.17, 15) is 19.1 Å². The van der Waals surface area contributed by atoms with Gasteiger partial charge >= 0.3 is 5.97 Å². The van der Waals surface area contributed by atoms with Crippen LogP contribution in [0, 0.1) is 11.7 Å². The molecular weight excluding hydrogens is 357 g/mol. The second kappa shape index (κ2) is 7.87. The average Bonchev–Trinajstić information content (AvgIpc) is 2.64. The standard InChI is InChI=1S/C20H19ClFNO3/c21-18-16(6-3-7-17(18)22)19(24)23-10-8-13(9-11-23)12-14-4-1-2-5-15(14)20(25)26/h1-7,13H,8-12H2,(H,25,26). The van der Waals surface area contributed by atoms with E-state index in [1.807, 2.05) is 12.1 Å². The molecule has 0 aliphatic carbocycles. The van der Waals surface area contributed by atoms with Crippen LogP contribution in [0.3, 0.4) is 0 Å². The number of carboxylic acids is 1. The summed E-state index contributed by atoms with van der Waals surface area (Å²) in [6, 6.07) is 11.2. The van der Waals surface area contributed by atoms with Crippen molar-refractivity contribution in [2.45, 2.75) is 19.3 Å². The number of carbonyl (C=O) groups excluding carboxylic acids is 1. The van der Waals surface area contributed by atoms with E-state index in [2.05, 4.69) is 0 Å². The predicted molar refractivity (Wildman–Crippen MR) is 97.1 cm³/mol. The summed E-state index contributed by atoms with van der Waals surface area (Å²) in [6.07, 6.45) is 2.21. The molecule has 0 saturated carbocycles. The average molecular weight is 376 g/mol. The first-order valence-electron chi connectivity index (χ1n) is 8.52. The summed E-state index contributed by atoms with van der Waals surface area (Å²) < 4.78 is 13.6. The van der Waals surface area contributed by atoms with Crippen LogP contribution in [0.15, 0.2) is 42.5 Å². The molecule has 1 aliphatic heterocycles. The Balaban J connectivity index is 1.64. The minimum atomic E-state index is -0.922. The number of halogens is 2. The van der Waals surface area contributed by atoms with Crippen LogP contribution in [0.5, 0.6) is 0 Å². The van der Waals surface area contributed by atoms with Crippen LogP contribution in [0.25, 0.3) is 0 Å². The molecule has 0 unspecified atom stereocenters. The van der Waals surface area contributed by atoms with Gasteiger partial charge in [-0.2, -0.15) is 0 Å². The molecule has 3 rings (SSSR count). The van der Waals surface area contributed by atoms with Gasteiger partial charge in [-0.05, 0) is 48.9 Å². The molecule has 0 aromatic heterocycles. The van der Waals surface area contributed by atoms with Crippen LogP contribution < -0.4 is 0 Å². The molecule has 6 heteroatoms. The van der Waals surface area contributed by atoms with Crippen LogP contribution in [-0.2, 0) is 6.42 Å². The van der Waals surface area contributed by atoms with Crippen LogP contribution in [-0.4, -0.2) is 35.0 Å². The van der Waals surface area contributed by atoms with Gasteiger partial charge in [-0.1, -0.05) is 35.9 Å². The van der Waals surface area contributed by atoms with Crippen molar-refractivity contribution in [1.82, 2.24) is 4.90 Å². The van der Waals surface area contributed by atoms with Gasteiger partial charge in [-0.15, -0.1) is 0 Å². The molecule has 4 nitrogen and oxygen atoms in total. The Morgan fingerprint density at radius 3 is 2.42 bits per heavy atom. The highest BCUT2D eigenvalue weighted by Crippen LogP contribution is 2.26. The molecule has 0 atom stereocenters. The van der Waals surface area contributed by atoms with E-state index < -0.39 is 11.8 Å². The fraction of sp³-hybridized carbons (Fsp3) is 0.300. The summed E-state index contributed by atoms with van der Waals surface area (Å²) in [7, 11) is 0. The molecule has 1 fully saturated rings. The number of piperidine rings is 1. The van der Waals surface area contributed by atoms with Gasteiger partial charge in [0, 0.05) is 13.1 Å². The number of hydrogen-bond donors (Lipinski definition) is 1. The first kappa shape index (κ1) is 18.4. The first-order chi connectivity index (χ1) is 12.5. The second-order valence-electron chi connectivity index (χ2n) is 6.50. The molecule has 26 heavy (non-hydrogen) atoms. The maximum absolute atomic E-state index is 13.6. The van der Waals surface area contributed by atoms with Gasteiger partial charge in [-0.25, -0.2) is 9.18 Å². The minimum absolute atomic E-state index is 0.144. The molecule has 1 heterocycles. The molecule has 1 saturated heterocycles. The predicted octanol–water partition coefficient (Wildman–Crippen LogP) is 4.27. The van der Waals surface area contributed by atoms with Gasteiger partial charge < -0.3 is 10.0 Å². The fourth-order valence-electron chi connectivity index (χ4n) is 3.40. The summed E-state index contributed by atoms with van der Waals surface area (Å²) in [5.41, 5.74) is 1.33. The summed E-state index contributed by atoms with van der Waals surface area (Å²) in [5, 5.41) is 9.14. The lowest BCUT2D eigenvalue weighted by Gasteiger charge is -2.32. The molecule has 2 aromatic rings. The van der Waals surface area contributed by atoms with Crippen LogP contribution in [0.2, 0.25) is 5.02 Å². The van der Waals surface area contributed by atoms with Crippen LogP contribution in [0.4, 0.5) is 4.39 Å². The van der Waals surface area contributed by atoms with E-state index in [4.69, 9.17) is 11.6 Å². The van der Waals surface area contributed by atoms with Crippen molar-refractivity contribution in [3.63, 3.8) is 0 Å². The Kier molecular flexibility index (Phi) is 5.57. The molecule has 1 amide bonds. The highest BCUT2D eigenvalue weighted by Gasteiger charge is 2.26. The number of hydrogen-bond acceptors (Lipinski definition) is 2. The summed E-state index contributed by atoms with van der Waals surface area (Å²) in [6.45, 7) is 1.09. The number of likely N-dealkylation sites (tertiary alicyclic amines) is 1. The number of rotatable bonds is 4. The highest BCUT2D eigenvalue weighted by atomic mass is 35.5. The Morgan fingerprint density at radius 1 is 1.08 bits per heavy atom. The third-order valence-corrected chi connectivity index (χ3v) is 5.22. The van der Waals surface area contributed by atoms with Crippen LogP contribution >= 0.6 is 11.6 Å². The third kappa shape index (κ3) is 3.88. The topological polar surface area (TPSA) is 57.6 Å². The Hall–Kier alpha value is -2.40. The molecule has 1 N–H and O–H groups in total. The van der Waals surface area contributed by atoms with E-state index in [0.29, 0.717) is 31.0 Å². The number of carbonyl (C=O) groups is 2. The van der Waals surface area contributed by atoms with Crippen molar-refractivity contribution in [1.29, 1.82) is 0 Å². The zero-order valence-electron chi connectivity index (χ0n) is 14.1. The zero-order chi connectivity index (χ0) is 18.7. The lowest BCUT2D eigenvalue weighted by molar-refractivity contribution is 0.0690. The lowest BCUT2D eigenvalue weighted by Crippen LogP contribution is -2.39. The van der Waals surface area contributed by atoms with Gasteiger partial charge in [-0.3, -0.25) is 4.79 Å². The van der Waals surface area contributed by atoms with E-state index in [-0.39, 0.29) is 16.5 Å². The Bertz CT molecular complexity index is 832. The fourth-order valence-corrected chi connectivity index (χ4v) is 3.60. The van der Waals surface area contributed by atoms with E-state index in [1.54, 1.807) is 17.0 Å². The maximum atomic E-state index is 13.6. The number of carboxylic acid groups (broad SMARTS) is 1.